The first-order chi connectivity index (χ1) is 9.36. The normalized spacial score (nSPS) is 18.0. The first-order valence-corrected chi connectivity index (χ1v) is 9.10. The van der Waals surface area contributed by atoms with Gasteiger partial charge in [-0.1, -0.05) is 78.1 Å². The number of hydrogen-bond donors (Lipinski definition) is 1. The average Bonchev–Trinajstić information content (AvgIpc) is 2.93. The van der Waals surface area contributed by atoms with Crippen LogP contribution in [0, 0.1) is 5.92 Å². The van der Waals surface area contributed by atoms with E-state index in [0.29, 0.717) is 0 Å². The van der Waals surface area contributed by atoms with Gasteiger partial charge in [0, 0.05) is 6.04 Å². The Kier molecular flexibility index (Phi) is 10.5. The monoisotopic (exact) mass is 267 g/mol. The van der Waals surface area contributed by atoms with Crippen molar-refractivity contribution in [2.24, 2.45) is 5.92 Å². The van der Waals surface area contributed by atoms with Gasteiger partial charge in [-0.05, 0) is 31.7 Å². The van der Waals surface area contributed by atoms with Crippen LogP contribution in [0.3, 0.4) is 0 Å². The maximum atomic E-state index is 3.71. The van der Waals surface area contributed by atoms with Crippen LogP contribution in [0.2, 0.25) is 0 Å². The van der Waals surface area contributed by atoms with Crippen LogP contribution >= 0.6 is 0 Å². The Labute approximate surface area is 121 Å². The van der Waals surface area contributed by atoms with Crippen molar-refractivity contribution in [2.45, 2.75) is 103 Å². The Morgan fingerprint density at radius 2 is 1.58 bits per heavy atom. The van der Waals surface area contributed by atoms with E-state index in [0.717, 1.165) is 18.5 Å². The van der Waals surface area contributed by atoms with Gasteiger partial charge in [0.05, 0.1) is 0 Å². The molecule has 1 heteroatoms. The molecular weight excluding hydrogens is 230 g/mol. The van der Waals surface area contributed by atoms with Crippen molar-refractivity contribution in [1.82, 2.24) is 5.32 Å². The van der Waals surface area contributed by atoms with Gasteiger partial charge in [0.2, 0.25) is 0 Å². The molecule has 0 amide bonds. The van der Waals surface area contributed by atoms with Crippen molar-refractivity contribution in [3.05, 3.63) is 0 Å². The van der Waals surface area contributed by atoms with E-state index in [1.165, 1.54) is 83.5 Å². The highest BCUT2D eigenvalue weighted by Crippen LogP contribution is 2.29. The second-order valence-corrected chi connectivity index (χ2v) is 6.54. The van der Waals surface area contributed by atoms with Crippen LogP contribution < -0.4 is 5.32 Å². The van der Waals surface area contributed by atoms with Gasteiger partial charge in [-0.15, -0.1) is 0 Å². The summed E-state index contributed by atoms with van der Waals surface area (Å²) in [6, 6.07) is 0.803. The summed E-state index contributed by atoms with van der Waals surface area (Å²) in [6.45, 7) is 5.69. The molecule has 0 aromatic carbocycles. The van der Waals surface area contributed by atoms with E-state index < -0.39 is 0 Å². The molecule has 19 heavy (non-hydrogen) atoms. The summed E-state index contributed by atoms with van der Waals surface area (Å²) >= 11 is 0. The second kappa shape index (κ2) is 11.8. The van der Waals surface area contributed by atoms with Crippen molar-refractivity contribution in [3.8, 4) is 0 Å². The molecule has 1 N–H and O–H groups in total. The van der Waals surface area contributed by atoms with Crippen LogP contribution in [0.15, 0.2) is 0 Å². The molecule has 1 rings (SSSR count). The molecule has 0 aromatic rings. The third-order valence-electron chi connectivity index (χ3n) is 4.80. The van der Waals surface area contributed by atoms with Crippen molar-refractivity contribution in [1.29, 1.82) is 0 Å². The Balaban J connectivity index is 2.02. The minimum Gasteiger partial charge on any atom is -0.314 e. The maximum Gasteiger partial charge on any atom is 0.00670 e. The lowest BCUT2D eigenvalue weighted by Crippen LogP contribution is -2.29. The van der Waals surface area contributed by atoms with E-state index in [9.17, 15) is 0 Å². The molecule has 0 radical (unpaired) electrons. The predicted molar refractivity (Wildman–Crippen MR) is 86.6 cm³/mol. The minimum absolute atomic E-state index is 0.803. The van der Waals surface area contributed by atoms with Gasteiger partial charge in [-0.2, -0.15) is 0 Å². The molecule has 1 saturated carbocycles. The van der Waals surface area contributed by atoms with Crippen molar-refractivity contribution in [2.75, 3.05) is 6.54 Å². The van der Waals surface area contributed by atoms with Crippen molar-refractivity contribution >= 4 is 0 Å². The first-order valence-electron chi connectivity index (χ1n) is 9.10. The van der Waals surface area contributed by atoms with E-state index >= 15 is 0 Å². The summed E-state index contributed by atoms with van der Waals surface area (Å²) in [6.07, 6.45) is 18.9. The summed E-state index contributed by atoms with van der Waals surface area (Å²) in [5.74, 6) is 1.06. The molecule has 114 valence electrons. The highest BCUT2D eigenvalue weighted by atomic mass is 14.9. The molecule has 1 unspecified atom stereocenters. The summed E-state index contributed by atoms with van der Waals surface area (Å²) in [5.41, 5.74) is 0. The fraction of sp³-hybridized carbons (Fsp3) is 1.00. The molecule has 1 nitrogen and oxygen atoms in total. The molecule has 1 fully saturated rings. The van der Waals surface area contributed by atoms with Gasteiger partial charge in [0.15, 0.2) is 0 Å². The SMILES string of the molecule is CCCCCCCCC(CCC1CCCC1)NCC. The highest BCUT2D eigenvalue weighted by Gasteiger charge is 2.16. The summed E-state index contributed by atoms with van der Waals surface area (Å²) < 4.78 is 0. The first kappa shape index (κ1) is 17.0. The highest BCUT2D eigenvalue weighted by molar-refractivity contribution is 4.72. The van der Waals surface area contributed by atoms with E-state index in [1.54, 1.807) is 0 Å². The maximum absolute atomic E-state index is 3.71. The van der Waals surface area contributed by atoms with Gasteiger partial charge < -0.3 is 5.32 Å². The van der Waals surface area contributed by atoms with Crippen LogP contribution in [0.5, 0.6) is 0 Å². The quantitative estimate of drug-likeness (QED) is 0.448. The molecule has 0 aromatic heterocycles. The topological polar surface area (TPSA) is 12.0 Å². The minimum atomic E-state index is 0.803. The molecule has 0 heterocycles. The van der Waals surface area contributed by atoms with Gasteiger partial charge in [0.1, 0.15) is 0 Å². The molecule has 1 aliphatic rings. The second-order valence-electron chi connectivity index (χ2n) is 6.54. The number of unbranched alkanes of at least 4 members (excludes halogenated alkanes) is 5. The Bertz CT molecular complexity index is 184. The van der Waals surface area contributed by atoms with Crippen molar-refractivity contribution < 1.29 is 0 Å². The van der Waals surface area contributed by atoms with E-state index in [4.69, 9.17) is 0 Å². The zero-order valence-corrected chi connectivity index (χ0v) is 13.6. The molecule has 0 spiro atoms. The molecule has 0 saturated heterocycles. The third-order valence-corrected chi connectivity index (χ3v) is 4.80. The van der Waals surface area contributed by atoms with E-state index in [1.807, 2.05) is 0 Å². The summed E-state index contributed by atoms with van der Waals surface area (Å²) in [4.78, 5) is 0. The molecule has 0 aliphatic heterocycles. The lowest BCUT2D eigenvalue weighted by Gasteiger charge is -2.19. The lowest BCUT2D eigenvalue weighted by molar-refractivity contribution is 0.383. The largest absolute Gasteiger partial charge is 0.314 e. The standard InChI is InChI=1S/C18H37N/c1-3-5-6-7-8-9-14-18(19-4-2)16-15-17-12-10-11-13-17/h17-19H,3-16H2,1-2H3. The van der Waals surface area contributed by atoms with Crippen LogP contribution in [-0.2, 0) is 0 Å². The van der Waals surface area contributed by atoms with Crippen LogP contribution in [0.4, 0.5) is 0 Å². The summed E-state index contributed by atoms with van der Waals surface area (Å²) in [5, 5.41) is 3.71. The average molecular weight is 268 g/mol. The third kappa shape index (κ3) is 8.68. The van der Waals surface area contributed by atoms with Gasteiger partial charge in [-0.25, -0.2) is 0 Å². The van der Waals surface area contributed by atoms with E-state index in [-0.39, 0.29) is 0 Å². The number of hydrogen-bond acceptors (Lipinski definition) is 1. The van der Waals surface area contributed by atoms with Crippen LogP contribution in [-0.4, -0.2) is 12.6 Å². The summed E-state index contributed by atoms with van der Waals surface area (Å²) in [7, 11) is 0. The zero-order valence-electron chi connectivity index (χ0n) is 13.6. The Hall–Kier alpha value is -0.0400. The Morgan fingerprint density at radius 3 is 2.26 bits per heavy atom. The predicted octanol–water partition coefficient (Wildman–Crippen LogP) is 5.69. The van der Waals surface area contributed by atoms with E-state index in [2.05, 4.69) is 19.2 Å². The molecule has 0 bridgehead atoms. The van der Waals surface area contributed by atoms with Gasteiger partial charge in [0.25, 0.3) is 0 Å². The number of rotatable bonds is 12. The van der Waals surface area contributed by atoms with Gasteiger partial charge in [-0.3, -0.25) is 0 Å². The molecular formula is C18H37N. The lowest BCUT2D eigenvalue weighted by atomic mass is 9.95. The number of nitrogens with one attached hydrogen (secondary N) is 1. The van der Waals surface area contributed by atoms with Crippen LogP contribution in [0.1, 0.15) is 97.3 Å². The van der Waals surface area contributed by atoms with Crippen LogP contribution in [0.25, 0.3) is 0 Å². The zero-order chi connectivity index (χ0) is 13.8. The molecule has 1 atom stereocenters. The van der Waals surface area contributed by atoms with Crippen molar-refractivity contribution in [3.63, 3.8) is 0 Å². The fourth-order valence-corrected chi connectivity index (χ4v) is 3.54. The molecule has 1 aliphatic carbocycles. The smallest absolute Gasteiger partial charge is 0.00670 e. The fourth-order valence-electron chi connectivity index (χ4n) is 3.54. The van der Waals surface area contributed by atoms with Gasteiger partial charge >= 0.3 is 0 Å². The Morgan fingerprint density at radius 1 is 0.895 bits per heavy atom.